The van der Waals surface area contributed by atoms with Gasteiger partial charge in [-0.2, -0.15) is 0 Å². The number of rotatable bonds is 6. The van der Waals surface area contributed by atoms with Gasteiger partial charge in [0.25, 0.3) is 0 Å². The molecule has 1 aromatic carbocycles. The summed E-state index contributed by atoms with van der Waals surface area (Å²) < 4.78 is 5.94. The average molecular weight is 442 g/mol. The molecule has 0 fully saturated rings. The summed E-state index contributed by atoms with van der Waals surface area (Å²) in [6, 6.07) is 7.52. The minimum atomic E-state index is -0.922. The lowest BCUT2D eigenvalue weighted by atomic mass is 10.1. The Bertz CT molecular complexity index is 1260. The molecule has 0 aliphatic heterocycles. The number of hydrogen-bond acceptors (Lipinski definition) is 6. The van der Waals surface area contributed by atoms with Crippen molar-refractivity contribution in [2.75, 3.05) is 11.9 Å². The lowest BCUT2D eigenvalue weighted by Gasteiger charge is -2.07. The number of hydrogen-bond donors (Lipinski definition) is 2. The number of carboxylic acids is 1. The normalized spacial score (nSPS) is 11.2. The Labute approximate surface area is 182 Å². The fourth-order valence-corrected chi connectivity index (χ4v) is 4.78. The van der Waals surface area contributed by atoms with Crippen LogP contribution in [0.15, 0.2) is 35.0 Å². The smallest absolute Gasteiger partial charge is 0.346 e. The van der Waals surface area contributed by atoms with Gasteiger partial charge >= 0.3 is 5.97 Å². The van der Waals surface area contributed by atoms with Gasteiger partial charge in [0, 0.05) is 28.6 Å². The van der Waals surface area contributed by atoms with Crippen molar-refractivity contribution in [2.45, 2.75) is 27.2 Å². The predicted octanol–water partition coefficient (Wildman–Crippen LogP) is 5.88. The van der Waals surface area contributed by atoms with Crippen LogP contribution >= 0.6 is 22.9 Å². The minimum absolute atomic E-state index is 0.328. The van der Waals surface area contributed by atoms with Gasteiger partial charge in [-0.1, -0.05) is 11.6 Å². The number of thiophene rings is 1. The predicted molar refractivity (Wildman–Crippen MR) is 120 cm³/mol. The number of halogens is 1. The molecule has 0 atom stereocenters. The van der Waals surface area contributed by atoms with Crippen molar-refractivity contribution in [3.8, 4) is 10.6 Å². The first-order valence-electron chi connectivity index (χ1n) is 9.41. The minimum Gasteiger partial charge on any atom is -0.477 e. The van der Waals surface area contributed by atoms with Crippen molar-refractivity contribution in [1.29, 1.82) is 0 Å². The second kappa shape index (κ2) is 8.08. The van der Waals surface area contributed by atoms with E-state index < -0.39 is 5.97 Å². The molecule has 6 nitrogen and oxygen atoms in total. The molecule has 0 unspecified atom stereocenters. The molecule has 2 N–H and O–H groups in total. The second-order valence-electron chi connectivity index (χ2n) is 7.13. The highest BCUT2D eigenvalue weighted by atomic mass is 35.5. The van der Waals surface area contributed by atoms with Gasteiger partial charge in [0.15, 0.2) is 0 Å². The van der Waals surface area contributed by atoms with E-state index in [4.69, 9.17) is 16.0 Å². The quantitative estimate of drug-likeness (QED) is 0.388. The summed E-state index contributed by atoms with van der Waals surface area (Å²) >= 11 is 7.45. The third kappa shape index (κ3) is 3.91. The van der Waals surface area contributed by atoms with E-state index in [1.807, 2.05) is 38.1 Å². The third-order valence-corrected chi connectivity index (χ3v) is 6.42. The van der Waals surface area contributed by atoms with E-state index in [2.05, 4.69) is 15.3 Å². The Morgan fingerprint density at radius 1 is 1.17 bits per heavy atom. The molecule has 4 rings (SSSR count). The lowest BCUT2D eigenvalue weighted by Crippen LogP contribution is -2.07. The van der Waals surface area contributed by atoms with Crippen LogP contribution in [0.1, 0.15) is 32.1 Å². The number of aromatic nitrogens is 2. The summed E-state index contributed by atoms with van der Waals surface area (Å²) in [5.41, 5.74) is 4.44. The number of fused-ring (bicyclic) bond motifs is 1. The van der Waals surface area contributed by atoms with Gasteiger partial charge < -0.3 is 14.8 Å². The molecule has 0 aliphatic carbocycles. The van der Waals surface area contributed by atoms with Gasteiger partial charge in [0.05, 0.1) is 10.6 Å². The van der Waals surface area contributed by atoms with E-state index in [1.165, 1.54) is 17.7 Å². The molecule has 0 saturated heterocycles. The maximum atomic E-state index is 11.3. The van der Waals surface area contributed by atoms with E-state index in [1.54, 1.807) is 6.92 Å². The second-order valence-corrected chi connectivity index (χ2v) is 8.62. The molecule has 3 aromatic heterocycles. The Morgan fingerprint density at radius 2 is 1.97 bits per heavy atom. The molecule has 0 aliphatic rings. The molecule has 0 amide bonds. The molecule has 4 aromatic rings. The van der Waals surface area contributed by atoms with Gasteiger partial charge in [0.1, 0.15) is 28.4 Å². The Hall–Kier alpha value is -2.90. The summed E-state index contributed by atoms with van der Waals surface area (Å²) in [7, 11) is 0. The molecule has 0 radical (unpaired) electrons. The molecule has 8 heteroatoms. The van der Waals surface area contributed by atoms with Gasteiger partial charge in [-0.3, -0.25) is 0 Å². The summed E-state index contributed by atoms with van der Waals surface area (Å²) in [4.78, 5) is 21.0. The first kappa shape index (κ1) is 20.4. The topological polar surface area (TPSA) is 88.3 Å². The molecular formula is C22H20ClN3O3S. The van der Waals surface area contributed by atoms with Crippen LogP contribution in [-0.2, 0) is 6.42 Å². The molecule has 154 valence electrons. The van der Waals surface area contributed by atoms with Gasteiger partial charge in [0.2, 0.25) is 0 Å². The molecule has 30 heavy (non-hydrogen) atoms. The van der Waals surface area contributed by atoms with E-state index in [-0.39, 0.29) is 0 Å². The summed E-state index contributed by atoms with van der Waals surface area (Å²) in [6.07, 6.45) is 2.23. The number of carboxylic acid groups (broad SMARTS) is 1. The number of benzene rings is 1. The van der Waals surface area contributed by atoms with Gasteiger partial charge in [-0.15, -0.1) is 11.3 Å². The molecule has 3 heterocycles. The highest BCUT2D eigenvalue weighted by molar-refractivity contribution is 7.17. The average Bonchev–Trinajstić information content (AvgIpc) is 3.23. The monoisotopic (exact) mass is 441 g/mol. The van der Waals surface area contributed by atoms with Gasteiger partial charge in [-0.25, -0.2) is 14.8 Å². The Kier molecular flexibility index (Phi) is 5.49. The fraction of sp³-hybridized carbons (Fsp3) is 0.227. The van der Waals surface area contributed by atoms with E-state index >= 15 is 0 Å². The Balaban J connectivity index is 1.51. The fourth-order valence-electron chi connectivity index (χ4n) is 3.53. The number of aromatic carboxylic acids is 1. The first-order chi connectivity index (χ1) is 14.3. The van der Waals surface area contributed by atoms with Crippen LogP contribution in [0.3, 0.4) is 0 Å². The van der Waals surface area contributed by atoms with Crippen LogP contribution in [-0.4, -0.2) is 27.6 Å². The van der Waals surface area contributed by atoms with E-state index in [0.29, 0.717) is 28.0 Å². The summed E-state index contributed by atoms with van der Waals surface area (Å²) in [6.45, 7) is 6.39. The lowest BCUT2D eigenvalue weighted by molar-refractivity contribution is 0.0701. The highest BCUT2D eigenvalue weighted by Crippen LogP contribution is 2.32. The number of anilines is 1. The van der Waals surface area contributed by atoms with Crippen LogP contribution < -0.4 is 5.32 Å². The van der Waals surface area contributed by atoms with E-state index in [0.717, 1.165) is 44.7 Å². The number of furan rings is 1. The molecular weight excluding hydrogens is 422 g/mol. The van der Waals surface area contributed by atoms with Gasteiger partial charge in [-0.05, 0) is 56.5 Å². The van der Waals surface area contributed by atoms with Crippen molar-refractivity contribution in [3.05, 3.63) is 62.9 Å². The largest absolute Gasteiger partial charge is 0.477 e. The standard InChI is InChI=1S/C22H20ClN3O3S/c1-11-6-14(23)8-16-15(13(3)29-20(11)16)4-5-24-19-9-17(25-10-26-19)18-7-12(2)21(30-18)22(27)28/h6-10H,4-5H2,1-3H3,(H,27,28)(H,24,25,26). The van der Waals surface area contributed by atoms with Crippen molar-refractivity contribution in [1.82, 2.24) is 9.97 Å². The van der Waals surface area contributed by atoms with E-state index in [9.17, 15) is 9.90 Å². The zero-order chi connectivity index (χ0) is 21.4. The maximum absolute atomic E-state index is 11.3. The molecule has 0 bridgehead atoms. The molecule has 0 saturated carbocycles. The number of nitrogens with one attached hydrogen (secondary N) is 1. The third-order valence-electron chi connectivity index (χ3n) is 4.96. The number of nitrogens with zero attached hydrogens (tertiary/aromatic N) is 2. The molecule has 0 spiro atoms. The van der Waals surface area contributed by atoms with Crippen LogP contribution in [0, 0.1) is 20.8 Å². The zero-order valence-electron chi connectivity index (χ0n) is 16.7. The Morgan fingerprint density at radius 3 is 2.70 bits per heavy atom. The highest BCUT2D eigenvalue weighted by Gasteiger charge is 2.15. The van der Waals surface area contributed by atoms with Crippen LogP contribution in [0.4, 0.5) is 5.82 Å². The number of carbonyl (C=O) groups is 1. The van der Waals surface area contributed by atoms with Crippen LogP contribution in [0.2, 0.25) is 5.02 Å². The van der Waals surface area contributed by atoms with Crippen LogP contribution in [0.5, 0.6) is 0 Å². The van der Waals surface area contributed by atoms with Crippen molar-refractivity contribution < 1.29 is 14.3 Å². The number of aryl methyl sites for hydroxylation is 3. The van der Waals surface area contributed by atoms with Crippen LogP contribution in [0.25, 0.3) is 21.5 Å². The van der Waals surface area contributed by atoms with Crippen molar-refractivity contribution in [2.24, 2.45) is 0 Å². The van der Waals surface area contributed by atoms with Crippen molar-refractivity contribution >= 4 is 45.7 Å². The summed E-state index contributed by atoms with van der Waals surface area (Å²) in [5.74, 6) is 0.646. The zero-order valence-corrected chi connectivity index (χ0v) is 18.3. The SMILES string of the molecule is Cc1cc(-c2cc(NCCc3c(C)oc4c(C)cc(Cl)cc34)ncn2)sc1C(=O)O. The van der Waals surface area contributed by atoms with Crippen molar-refractivity contribution in [3.63, 3.8) is 0 Å². The summed E-state index contributed by atoms with van der Waals surface area (Å²) in [5, 5.41) is 14.3. The maximum Gasteiger partial charge on any atom is 0.346 e. The first-order valence-corrected chi connectivity index (χ1v) is 10.6.